The molecule has 0 aromatic heterocycles. The van der Waals surface area contributed by atoms with Gasteiger partial charge in [-0.25, -0.2) is 4.99 Å². The number of rotatable bonds is 2. The maximum absolute atomic E-state index is 10.5. The maximum Gasteiger partial charge on any atom is 0.311 e. The molecule has 4 nitrogen and oxygen atoms in total. The number of hydrogen-bond donors (Lipinski definition) is 2. The van der Waals surface area contributed by atoms with E-state index in [9.17, 15) is 4.79 Å². The summed E-state index contributed by atoms with van der Waals surface area (Å²) in [5.41, 5.74) is 2.00. The number of nitrogens with one attached hydrogen (secondary N) is 1. The average molecular weight is 222 g/mol. The van der Waals surface area contributed by atoms with Crippen LogP contribution in [0.5, 0.6) is 0 Å². The number of carboxylic acid groups (broad SMARTS) is 1. The van der Waals surface area contributed by atoms with Crippen molar-refractivity contribution in [1.29, 1.82) is 0 Å². The van der Waals surface area contributed by atoms with E-state index < -0.39 is 5.97 Å². The summed E-state index contributed by atoms with van der Waals surface area (Å²) >= 11 is 1.41. The molecule has 1 aliphatic heterocycles. The number of aliphatic carboxylic acids is 1. The lowest BCUT2D eigenvalue weighted by Crippen LogP contribution is -2.21. The summed E-state index contributed by atoms with van der Waals surface area (Å²) in [6.07, 6.45) is -0.0691. The summed E-state index contributed by atoms with van der Waals surface area (Å²) in [7, 11) is 0. The first-order valence-corrected chi connectivity index (χ1v) is 5.29. The highest BCUT2D eigenvalue weighted by atomic mass is 32.2. The van der Waals surface area contributed by atoms with Crippen LogP contribution >= 0.6 is 11.9 Å². The van der Waals surface area contributed by atoms with Gasteiger partial charge in [0.2, 0.25) is 0 Å². The Morgan fingerprint density at radius 1 is 1.60 bits per heavy atom. The Morgan fingerprint density at radius 3 is 3.13 bits per heavy atom. The number of aryl methyl sites for hydroxylation is 1. The normalized spacial score (nSPS) is 13.8. The molecule has 0 spiro atoms. The Morgan fingerprint density at radius 2 is 2.40 bits per heavy atom. The molecule has 0 aliphatic carbocycles. The first-order valence-electron chi connectivity index (χ1n) is 4.48. The molecule has 0 bridgehead atoms. The van der Waals surface area contributed by atoms with Crippen LogP contribution in [-0.2, 0) is 4.79 Å². The number of hydrogen-bond acceptors (Lipinski definition) is 4. The van der Waals surface area contributed by atoms with Gasteiger partial charge in [-0.3, -0.25) is 4.79 Å². The molecule has 1 aliphatic rings. The van der Waals surface area contributed by atoms with E-state index in [1.807, 2.05) is 25.1 Å². The van der Waals surface area contributed by atoms with Crippen molar-refractivity contribution in [1.82, 2.24) is 4.72 Å². The molecule has 0 saturated heterocycles. The van der Waals surface area contributed by atoms with E-state index in [-0.39, 0.29) is 6.42 Å². The van der Waals surface area contributed by atoms with Crippen molar-refractivity contribution in [3.05, 3.63) is 23.8 Å². The Labute approximate surface area is 91.5 Å². The topological polar surface area (TPSA) is 61.7 Å². The van der Waals surface area contributed by atoms with Gasteiger partial charge >= 0.3 is 5.97 Å². The zero-order chi connectivity index (χ0) is 10.8. The molecule has 2 rings (SSSR count). The molecule has 0 saturated carbocycles. The minimum atomic E-state index is -0.877. The predicted octanol–water partition coefficient (Wildman–Crippen LogP) is 2.11. The molecule has 1 aromatic carbocycles. The largest absolute Gasteiger partial charge is 0.481 e. The van der Waals surface area contributed by atoms with Crippen molar-refractivity contribution in [2.24, 2.45) is 4.99 Å². The second-order valence-corrected chi connectivity index (χ2v) is 4.15. The lowest BCUT2D eigenvalue weighted by atomic mass is 10.2. The standard InChI is InChI=1S/C10H10N2O2S/c1-6-2-3-7-8(4-6)15-12-9(11-7)5-10(13)14/h2-4H,5H2,1H3,(H,11,12)(H,13,14). The molecule has 5 heteroatoms. The molecule has 0 atom stereocenters. The molecule has 0 unspecified atom stereocenters. The Kier molecular flexibility index (Phi) is 2.64. The van der Waals surface area contributed by atoms with E-state index >= 15 is 0 Å². The highest BCUT2D eigenvalue weighted by Crippen LogP contribution is 2.32. The number of carbonyl (C=O) groups is 1. The highest BCUT2D eigenvalue weighted by Gasteiger charge is 2.14. The molecule has 0 radical (unpaired) electrons. The Bertz CT molecular complexity index is 443. The third-order valence-corrected chi connectivity index (χ3v) is 2.85. The third-order valence-electron chi connectivity index (χ3n) is 1.97. The fraction of sp³-hybridized carbons (Fsp3) is 0.200. The van der Waals surface area contributed by atoms with E-state index in [2.05, 4.69) is 9.71 Å². The summed E-state index contributed by atoms with van der Waals surface area (Å²) in [5.74, 6) is -0.388. The van der Waals surface area contributed by atoms with E-state index in [1.54, 1.807) is 0 Å². The van der Waals surface area contributed by atoms with Gasteiger partial charge in [0, 0.05) is 0 Å². The van der Waals surface area contributed by atoms with Gasteiger partial charge < -0.3 is 9.83 Å². The molecule has 0 amide bonds. The molecule has 2 N–H and O–H groups in total. The van der Waals surface area contributed by atoms with Crippen LogP contribution in [0.25, 0.3) is 0 Å². The minimum absolute atomic E-state index is 0.0691. The zero-order valence-electron chi connectivity index (χ0n) is 8.15. The van der Waals surface area contributed by atoms with Gasteiger partial charge in [0.1, 0.15) is 12.3 Å². The van der Waals surface area contributed by atoms with Crippen molar-refractivity contribution >= 4 is 29.4 Å². The summed E-state index contributed by atoms with van der Waals surface area (Å²) < 4.78 is 2.92. The van der Waals surface area contributed by atoms with Crippen LogP contribution in [0, 0.1) is 6.92 Å². The van der Waals surface area contributed by atoms with Crippen LogP contribution in [0.15, 0.2) is 28.1 Å². The lowest BCUT2D eigenvalue weighted by Gasteiger charge is -2.15. The highest BCUT2D eigenvalue weighted by molar-refractivity contribution is 7.98. The van der Waals surface area contributed by atoms with Gasteiger partial charge in [0.15, 0.2) is 0 Å². The molecular weight excluding hydrogens is 212 g/mol. The van der Waals surface area contributed by atoms with Crippen molar-refractivity contribution < 1.29 is 9.90 Å². The molecule has 1 aromatic rings. The first-order chi connectivity index (χ1) is 7.15. The van der Waals surface area contributed by atoms with Crippen LogP contribution in [0.4, 0.5) is 5.69 Å². The molecule has 15 heavy (non-hydrogen) atoms. The van der Waals surface area contributed by atoms with E-state index in [4.69, 9.17) is 5.11 Å². The van der Waals surface area contributed by atoms with Gasteiger partial charge in [0.25, 0.3) is 0 Å². The Balaban J connectivity index is 2.29. The van der Waals surface area contributed by atoms with Crippen LogP contribution < -0.4 is 4.72 Å². The number of nitrogens with zero attached hydrogens (tertiary/aromatic N) is 1. The number of carboxylic acids is 1. The van der Waals surface area contributed by atoms with Crippen molar-refractivity contribution in [2.75, 3.05) is 0 Å². The SMILES string of the molecule is Cc1ccc2c(c1)SNC(CC(=O)O)=N2. The third kappa shape index (κ3) is 2.30. The van der Waals surface area contributed by atoms with Crippen LogP contribution in [0.1, 0.15) is 12.0 Å². The fourth-order valence-corrected chi connectivity index (χ4v) is 2.11. The molecule has 78 valence electrons. The van der Waals surface area contributed by atoms with E-state index in [0.717, 1.165) is 10.6 Å². The second kappa shape index (κ2) is 3.94. The van der Waals surface area contributed by atoms with Gasteiger partial charge in [-0.15, -0.1) is 0 Å². The number of aliphatic imine (C=N–C) groups is 1. The lowest BCUT2D eigenvalue weighted by molar-refractivity contribution is -0.135. The average Bonchev–Trinajstić information content (AvgIpc) is 2.17. The molecule has 0 fully saturated rings. The fourth-order valence-electron chi connectivity index (χ4n) is 1.30. The monoisotopic (exact) mass is 222 g/mol. The second-order valence-electron chi connectivity index (χ2n) is 3.30. The summed E-state index contributed by atoms with van der Waals surface area (Å²) in [5, 5.41) is 8.63. The van der Waals surface area contributed by atoms with Crippen LogP contribution in [-0.4, -0.2) is 16.9 Å². The summed E-state index contributed by atoms with van der Waals surface area (Å²) in [4.78, 5) is 15.8. The minimum Gasteiger partial charge on any atom is -0.481 e. The van der Waals surface area contributed by atoms with Crippen LogP contribution in [0.2, 0.25) is 0 Å². The van der Waals surface area contributed by atoms with E-state index in [1.165, 1.54) is 17.5 Å². The van der Waals surface area contributed by atoms with Gasteiger partial charge in [-0.2, -0.15) is 0 Å². The number of benzene rings is 1. The number of amidine groups is 1. The van der Waals surface area contributed by atoms with Gasteiger partial charge in [-0.1, -0.05) is 6.07 Å². The maximum atomic E-state index is 10.5. The quantitative estimate of drug-likeness (QED) is 0.752. The smallest absolute Gasteiger partial charge is 0.311 e. The van der Waals surface area contributed by atoms with Crippen molar-refractivity contribution in [3.63, 3.8) is 0 Å². The van der Waals surface area contributed by atoms with Crippen molar-refractivity contribution in [3.8, 4) is 0 Å². The van der Waals surface area contributed by atoms with Crippen LogP contribution in [0.3, 0.4) is 0 Å². The zero-order valence-corrected chi connectivity index (χ0v) is 8.97. The van der Waals surface area contributed by atoms with Gasteiger partial charge in [0.05, 0.1) is 10.6 Å². The summed E-state index contributed by atoms with van der Waals surface area (Å²) in [6.45, 7) is 2.01. The van der Waals surface area contributed by atoms with E-state index in [0.29, 0.717) is 5.84 Å². The first kappa shape index (κ1) is 10.0. The van der Waals surface area contributed by atoms with Crippen molar-refractivity contribution in [2.45, 2.75) is 18.2 Å². The molecular formula is C10H10N2O2S. The number of fused-ring (bicyclic) bond motifs is 1. The Hall–Kier alpha value is -1.49. The molecule has 1 heterocycles. The van der Waals surface area contributed by atoms with Gasteiger partial charge in [-0.05, 0) is 36.6 Å². The summed E-state index contributed by atoms with van der Waals surface area (Å²) in [6, 6.07) is 5.89. The predicted molar refractivity (Wildman–Crippen MR) is 59.5 cm³/mol.